The van der Waals surface area contributed by atoms with E-state index in [4.69, 9.17) is 17.3 Å². The molecule has 2 heterocycles. The van der Waals surface area contributed by atoms with Crippen molar-refractivity contribution in [2.45, 2.75) is 31.0 Å². The molecule has 0 spiro atoms. The number of benzene rings is 1. The van der Waals surface area contributed by atoms with Gasteiger partial charge in [-0.3, -0.25) is 4.90 Å². The highest BCUT2D eigenvalue weighted by atomic mass is 35.5. The molecule has 0 bridgehead atoms. The smallest absolute Gasteiger partial charge is 0.138 e. The predicted octanol–water partition coefficient (Wildman–Crippen LogP) is 1.50. The van der Waals surface area contributed by atoms with Crippen molar-refractivity contribution >= 4 is 23.7 Å². The fraction of sp³-hybridized carbons (Fsp3) is 0.450. The van der Waals surface area contributed by atoms with Crippen molar-refractivity contribution in [3.8, 4) is 0 Å². The van der Waals surface area contributed by atoms with Gasteiger partial charge in [0.1, 0.15) is 18.4 Å². The summed E-state index contributed by atoms with van der Waals surface area (Å²) in [5.74, 6) is 0.920. The lowest BCUT2D eigenvalue weighted by Gasteiger charge is -2.41. The molecule has 0 radical (unpaired) electrons. The summed E-state index contributed by atoms with van der Waals surface area (Å²) in [6, 6.07) is 6.73. The zero-order valence-corrected chi connectivity index (χ0v) is 16.3. The lowest BCUT2D eigenvalue weighted by molar-refractivity contribution is -0.110. The third-order valence-corrected chi connectivity index (χ3v) is 5.93. The molecule has 28 heavy (non-hydrogen) atoms. The molecule has 0 amide bonds. The number of aliphatic hydroxyl groups is 1. The van der Waals surface area contributed by atoms with Gasteiger partial charge in [0.2, 0.25) is 0 Å². The zero-order chi connectivity index (χ0) is 19.7. The molecule has 2 unspecified atom stereocenters. The Labute approximate surface area is 169 Å². The van der Waals surface area contributed by atoms with Crippen LogP contribution >= 0.6 is 11.6 Å². The minimum Gasteiger partial charge on any atom is -0.387 e. The van der Waals surface area contributed by atoms with E-state index < -0.39 is 12.1 Å². The Hall–Kier alpha value is -2.06. The standard InChI is InChI=1S/C20H24ClN5O2/c21-14-3-1-13(2-4-14)19(16(22)11-27)25-7-9-26(10-8-25)20-15-5-6-17(28)18(15)23-12-24-20/h1-4,11-12,16-17,19,28H,5-10,22H2/t16-,17?,19?/m0/s1. The highest BCUT2D eigenvalue weighted by Gasteiger charge is 2.32. The number of nitrogens with zero attached hydrogens (tertiary/aromatic N) is 4. The van der Waals surface area contributed by atoms with E-state index in [1.807, 2.05) is 24.3 Å². The molecule has 1 aliphatic carbocycles. The molecule has 2 aliphatic rings. The number of carbonyl (C=O) groups is 1. The lowest BCUT2D eigenvalue weighted by atomic mass is 9.98. The van der Waals surface area contributed by atoms with Gasteiger partial charge in [0.25, 0.3) is 0 Å². The van der Waals surface area contributed by atoms with Crippen LogP contribution in [0.5, 0.6) is 0 Å². The molecule has 0 saturated carbocycles. The minimum atomic E-state index is -0.605. The number of anilines is 1. The second-order valence-electron chi connectivity index (χ2n) is 7.35. The van der Waals surface area contributed by atoms with Crippen molar-refractivity contribution in [3.05, 3.63) is 52.4 Å². The number of hydrogen-bond donors (Lipinski definition) is 2. The van der Waals surface area contributed by atoms with Crippen molar-refractivity contribution in [1.82, 2.24) is 14.9 Å². The number of nitrogens with two attached hydrogens (primary N) is 1. The Balaban J connectivity index is 1.51. The number of carbonyl (C=O) groups excluding carboxylic acids is 1. The van der Waals surface area contributed by atoms with Gasteiger partial charge in [0.15, 0.2) is 0 Å². The number of aromatic nitrogens is 2. The summed E-state index contributed by atoms with van der Waals surface area (Å²) in [6.45, 7) is 3.07. The van der Waals surface area contributed by atoms with Crippen molar-refractivity contribution in [1.29, 1.82) is 0 Å². The second-order valence-corrected chi connectivity index (χ2v) is 7.78. The summed E-state index contributed by atoms with van der Waals surface area (Å²) in [5, 5.41) is 10.7. The Morgan fingerprint density at radius 3 is 2.57 bits per heavy atom. The predicted molar refractivity (Wildman–Crippen MR) is 107 cm³/mol. The number of rotatable bonds is 5. The van der Waals surface area contributed by atoms with Gasteiger partial charge in [0, 0.05) is 36.8 Å². The van der Waals surface area contributed by atoms with Gasteiger partial charge >= 0.3 is 0 Å². The molecular weight excluding hydrogens is 378 g/mol. The molecule has 3 atom stereocenters. The maximum Gasteiger partial charge on any atom is 0.138 e. The first-order valence-electron chi connectivity index (χ1n) is 9.55. The second kappa shape index (κ2) is 8.13. The van der Waals surface area contributed by atoms with Crippen LogP contribution in [-0.4, -0.2) is 58.5 Å². The molecule has 7 nitrogen and oxygen atoms in total. The average Bonchev–Trinajstić information content (AvgIpc) is 3.11. The average molecular weight is 402 g/mol. The molecule has 4 rings (SSSR count). The Kier molecular flexibility index (Phi) is 5.59. The first-order chi connectivity index (χ1) is 13.6. The Bertz CT molecular complexity index is 839. The number of piperazine rings is 1. The number of hydrogen-bond acceptors (Lipinski definition) is 7. The quantitative estimate of drug-likeness (QED) is 0.733. The van der Waals surface area contributed by atoms with Gasteiger partial charge in [-0.1, -0.05) is 23.7 Å². The van der Waals surface area contributed by atoms with E-state index in [0.717, 1.165) is 61.5 Å². The third kappa shape index (κ3) is 3.63. The summed E-state index contributed by atoms with van der Waals surface area (Å²) < 4.78 is 0. The van der Waals surface area contributed by atoms with Crippen LogP contribution in [0.15, 0.2) is 30.6 Å². The molecule has 8 heteroatoms. The summed E-state index contributed by atoms with van der Waals surface area (Å²) in [5.41, 5.74) is 8.95. The Morgan fingerprint density at radius 1 is 1.18 bits per heavy atom. The largest absolute Gasteiger partial charge is 0.387 e. The van der Waals surface area contributed by atoms with E-state index in [9.17, 15) is 9.90 Å². The molecule has 1 aromatic carbocycles. The molecule has 1 fully saturated rings. The van der Waals surface area contributed by atoms with Crippen LogP contribution < -0.4 is 10.6 Å². The fourth-order valence-electron chi connectivity index (χ4n) is 4.26. The zero-order valence-electron chi connectivity index (χ0n) is 15.5. The van der Waals surface area contributed by atoms with Crippen molar-refractivity contribution < 1.29 is 9.90 Å². The van der Waals surface area contributed by atoms with Gasteiger partial charge in [0.05, 0.1) is 23.9 Å². The number of aldehydes is 1. The number of fused-ring (bicyclic) bond motifs is 1. The lowest BCUT2D eigenvalue weighted by Crippen LogP contribution is -2.52. The molecule has 1 aliphatic heterocycles. The van der Waals surface area contributed by atoms with Gasteiger partial charge in [-0.05, 0) is 30.5 Å². The maximum atomic E-state index is 11.4. The van der Waals surface area contributed by atoms with Crippen molar-refractivity contribution in [3.63, 3.8) is 0 Å². The molecule has 148 valence electrons. The summed E-state index contributed by atoms with van der Waals surface area (Å²) in [7, 11) is 0. The van der Waals surface area contributed by atoms with Gasteiger partial charge in [-0.15, -0.1) is 0 Å². The van der Waals surface area contributed by atoms with E-state index in [0.29, 0.717) is 11.4 Å². The normalized spacial score (nSPS) is 22.0. The Morgan fingerprint density at radius 2 is 1.89 bits per heavy atom. The molecule has 1 aromatic heterocycles. The van der Waals surface area contributed by atoms with Crippen LogP contribution in [0.3, 0.4) is 0 Å². The monoisotopic (exact) mass is 401 g/mol. The van der Waals surface area contributed by atoms with Crippen LogP contribution in [0.4, 0.5) is 5.82 Å². The fourth-order valence-corrected chi connectivity index (χ4v) is 4.38. The third-order valence-electron chi connectivity index (χ3n) is 5.68. The van der Waals surface area contributed by atoms with E-state index in [1.54, 1.807) is 0 Å². The van der Waals surface area contributed by atoms with E-state index in [2.05, 4.69) is 19.8 Å². The summed E-state index contributed by atoms with van der Waals surface area (Å²) in [4.78, 5) is 24.7. The SMILES string of the molecule is N[C@@H](C=O)C(c1ccc(Cl)cc1)N1CCN(c2ncnc3c2CCC3O)CC1. The topological polar surface area (TPSA) is 95.6 Å². The summed E-state index contributed by atoms with van der Waals surface area (Å²) >= 11 is 6.01. The van der Waals surface area contributed by atoms with Gasteiger partial charge in [-0.2, -0.15) is 0 Å². The maximum absolute atomic E-state index is 11.4. The van der Waals surface area contributed by atoms with Gasteiger partial charge < -0.3 is 20.5 Å². The van der Waals surface area contributed by atoms with E-state index in [-0.39, 0.29) is 6.04 Å². The van der Waals surface area contributed by atoms with Gasteiger partial charge in [-0.25, -0.2) is 9.97 Å². The highest BCUT2D eigenvalue weighted by Crippen LogP contribution is 2.35. The summed E-state index contributed by atoms with van der Waals surface area (Å²) in [6.07, 6.45) is 3.36. The first-order valence-corrected chi connectivity index (χ1v) is 9.93. The van der Waals surface area contributed by atoms with Crippen LogP contribution in [0.2, 0.25) is 5.02 Å². The highest BCUT2D eigenvalue weighted by molar-refractivity contribution is 6.30. The van der Waals surface area contributed by atoms with Crippen molar-refractivity contribution in [2.75, 3.05) is 31.1 Å². The van der Waals surface area contributed by atoms with Crippen molar-refractivity contribution in [2.24, 2.45) is 5.73 Å². The van der Waals surface area contributed by atoms with Crippen LogP contribution in [0.25, 0.3) is 0 Å². The molecular formula is C20H24ClN5O2. The number of aliphatic hydroxyl groups excluding tert-OH is 1. The molecule has 2 aromatic rings. The molecule has 3 N–H and O–H groups in total. The van der Waals surface area contributed by atoms with Crippen LogP contribution in [0, 0.1) is 0 Å². The molecule has 1 saturated heterocycles. The van der Waals surface area contributed by atoms with E-state index >= 15 is 0 Å². The van der Waals surface area contributed by atoms with Crippen LogP contribution in [-0.2, 0) is 11.2 Å². The first kappa shape index (κ1) is 19.3. The number of halogens is 1. The van der Waals surface area contributed by atoms with Crippen LogP contribution in [0.1, 0.15) is 35.4 Å². The minimum absolute atomic E-state index is 0.185. The van der Waals surface area contributed by atoms with E-state index in [1.165, 1.54) is 6.33 Å².